The van der Waals surface area contributed by atoms with E-state index in [4.69, 9.17) is 4.74 Å². The number of nitrogens with zero attached hydrogens (tertiary/aromatic N) is 2. The number of benzene rings is 2. The summed E-state index contributed by atoms with van der Waals surface area (Å²) in [4.78, 5) is 31.8. The third kappa shape index (κ3) is 4.68. The molecule has 184 valence electrons. The van der Waals surface area contributed by atoms with Crippen molar-refractivity contribution in [1.29, 1.82) is 0 Å². The Kier molecular flexibility index (Phi) is 6.33. The quantitative estimate of drug-likeness (QED) is 0.188. The van der Waals surface area contributed by atoms with Crippen LogP contribution in [0.3, 0.4) is 0 Å². The molecule has 3 fully saturated rings. The summed E-state index contributed by atoms with van der Waals surface area (Å²) in [5, 5.41) is 6.95. The van der Waals surface area contributed by atoms with Gasteiger partial charge in [-0.3, -0.25) is 4.79 Å². The van der Waals surface area contributed by atoms with Crippen molar-refractivity contribution in [2.24, 2.45) is 5.92 Å². The lowest BCUT2D eigenvalue weighted by Crippen LogP contribution is -2.65. The number of piperidine rings is 3. The summed E-state index contributed by atoms with van der Waals surface area (Å²) in [6.45, 7) is 3.03. The number of quaternary nitrogens is 1. The third-order valence-corrected chi connectivity index (χ3v) is 9.50. The fourth-order valence-electron chi connectivity index (χ4n) is 5.62. The van der Waals surface area contributed by atoms with Crippen LogP contribution in [0.4, 0.5) is 5.69 Å². The van der Waals surface area contributed by atoms with Crippen LogP contribution in [0.1, 0.15) is 33.6 Å². The number of ether oxygens (including phenoxy) is 1. The lowest BCUT2D eigenvalue weighted by atomic mass is 9.83. The number of Topliss-reactive ketones (excluding diaryl/α,β-unsaturated/α-hetero) is 1. The van der Waals surface area contributed by atoms with Crippen molar-refractivity contribution in [1.82, 2.24) is 4.98 Å². The first-order valence-corrected chi connectivity index (χ1v) is 14.1. The highest BCUT2D eigenvalue weighted by atomic mass is 32.1. The molecule has 2 aromatic carbocycles. The summed E-state index contributed by atoms with van der Waals surface area (Å²) in [5.41, 5.74) is 0.878. The number of hydrogen-bond acceptors (Lipinski definition) is 7. The van der Waals surface area contributed by atoms with Gasteiger partial charge in [-0.1, -0.05) is 36.4 Å². The molecular formula is C28H28N3O3S2+. The van der Waals surface area contributed by atoms with E-state index >= 15 is 0 Å². The van der Waals surface area contributed by atoms with Crippen LogP contribution in [-0.2, 0) is 9.53 Å². The molecule has 3 aliphatic heterocycles. The maximum Gasteiger partial charge on any atom is 0.334 e. The molecule has 5 heterocycles. The summed E-state index contributed by atoms with van der Waals surface area (Å²) in [5.74, 6) is 0.182. The molecule has 2 aromatic heterocycles. The minimum absolute atomic E-state index is 0.0873. The number of carbonyl (C=O) groups is 2. The number of fused-ring (bicyclic) bond motifs is 4. The molecule has 0 spiro atoms. The van der Waals surface area contributed by atoms with Gasteiger partial charge in [-0.25, -0.2) is 9.78 Å². The van der Waals surface area contributed by atoms with Crippen LogP contribution in [0.5, 0.6) is 0 Å². The van der Waals surface area contributed by atoms with Crippen molar-refractivity contribution in [3.05, 3.63) is 82.1 Å². The summed E-state index contributed by atoms with van der Waals surface area (Å²) in [7, 11) is 0. The Morgan fingerprint density at radius 2 is 1.86 bits per heavy atom. The van der Waals surface area contributed by atoms with Gasteiger partial charge < -0.3 is 14.5 Å². The zero-order chi connectivity index (χ0) is 24.5. The molecule has 4 aromatic rings. The summed E-state index contributed by atoms with van der Waals surface area (Å²) < 4.78 is 8.11. The highest BCUT2D eigenvalue weighted by Gasteiger charge is 2.49. The second-order valence-corrected chi connectivity index (χ2v) is 11.8. The van der Waals surface area contributed by atoms with E-state index in [0.717, 1.165) is 46.6 Å². The lowest BCUT2D eigenvalue weighted by molar-refractivity contribution is -0.938. The molecule has 0 saturated carbocycles. The average Bonchev–Trinajstić information content (AvgIpc) is 3.59. The smallest absolute Gasteiger partial charge is 0.334 e. The van der Waals surface area contributed by atoms with Crippen molar-refractivity contribution >= 4 is 50.2 Å². The number of thiazole rings is 1. The van der Waals surface area contributed by atoms with E-state index in [1.165, 1.54) is 11.3 Å². The Hall–Kier alpha value is -3.07. The summed E-state index contributed by atoms with van der Waals surface area (Å²) in [6.07, 6.45) is 3.45. The van der Waals surface area contributed by atoms with Crippen LogP contribution in [0.2, 0.25) is 0 Å². The van der Waals surface area contributed by atoms with Gasteiger partial charge in [0.05, 0.1) is 13.1 Å². The van der Waals surface area contributed by atoms with E-state index < -0.39 is 6.04 Å². The second-order valence-electron chi connectivity index (χ2n) is 9.83. The maximum atomic E-state index is 13.7. The fourth-order valence-corrected chi connectivity index (χ4v) is 7.29. The molecule has 36 heavy (non-hydrogen) atoms. The molecule has 0 radical (unpaired) electrons. The Bertz CT molecular complexity index is 1330. The first-order valence-electron chi connectivity index (χ1n) is 12.4. The highest BCUT2D eigenvalue weighted by molar-refractivity contribution is 7.19. The molecular weight excluding hydrogens is 490 g/mol. The largest absolute Gasteiger partial charge is 0.454 e. The maximum absolute atomic E-state index is 13.7. The van der Waals surface area contributed by atoms with Crippen LogP contribution in [0.25, 0.3) is 10.1 Å². The molecule has 0 amide bonds. The fraction of sp³-hybridized carbons (Fsp3) is 0.321. The molecule has 0 aliphatic carbocycles. The van der Waals surface area contributed by atoms with Gasteiger partial charge in [-0.05, 0) is 29.7 Å². The number of hydrogen-bond donors (Lipinski definition) is 1. The molecule has 8 heteroatoms. The van der Waals surface area contributed by atoms with E-state index in [0.29, 0.717) is 28.5 Å². The Morgan fingerprint density at radius 3 is 2.61 bits per heavy atom. The Balaban J connectivity index is 1.22. The normalized spacial score (nSPS) is 23.9. The van der Waals surface area contributed by atoms with Gasteiger partial charge in [0, 0.05) is 45.6 Å². The molecule has 2 atom stereocenters. The minimum atomic E-state index is -0.592. The Labute approximate surface area is 218 Å². The van der Waals surface area contributed by atoms with E-state index in [1.54, 1.807) is 17.5 Å². The van der Waals surface area contributed by atoms with Crippen molar-refractivity contribution < 1.29 is 18.8 Å². The number of rotatable bonds is 8. The molecule has 3 saturated heterocycles. The second kappa shape index (κ2) is 9.76. The first kappa shape index (κ1) is 23.3. The Morgan fingerprint density at radius 1 is 1.08 bits per heavy atom. The molecule has 3 aliphatic rings. The zero-order valence-electron chi connectivity index (χ0n) is 19.8. The van der Waals surface area contributed by atoms with Gasteiger partial charge in [0.1, 0.15) is 13.1 Å². The average molecular weight is 519 g/mol. The number of anilines is 1. The highest BCUT2D eigenvalue weighted by Crippen LogP contribution is 2.38. The van der Waals surface area contributed by atoms with Gasteiger partial charge >= 0.3 is 5.97 Å². The molecule has 2 bridgehead atoms. The van der Waals surface area contributed by atoms with Gasteiger partial charge in [0.2, 0.25) is 5.78 Å². The molecule has 1 unspecified atom stereocenters. The SMILES string of the molecule is O=C(C[N+]12CCC(CC1)[C@@H](OC(=O)C(Nc1ccccc1)c1cc3ccccc3s1)C2)c1nccs1. The van der Waals surface area contributed by atoms with Crippen LogP contribution >= 0.6 is 22.7 Å². The number of esters is 1. The number of ketones is 1. The van der Waals surface area contributed by atoms with Gasteiger partial charge in [0.15, 0.2) is 17.2 Å². The summed E-state index contributed by atoms with van der Waals surface area (Å²) >= 11 is 3.01. The van der Waals surface area contributed by atoms with Gasteiger partial charge in [-0.15, -0.1) is 22.7 Å². The van der Waals surface area contributed by atoms with Crippen LogP contribution < -0.4 is 5.32 Å². The zero-order valence-corrected chi connectivity index (χ0v) is 21.5. The molecule has 6 nitrogen and oxygen atoms in total. The number of thiophene rings is 1. The summed E-state index contributed by atoms with van der Waals surface area (Å²) in [6, 6.07) is 19.5. The third-order valence-electron chi connectivity index (χ3n) is 7.51. The van der Waals surface area contributed by atoms with Crippen molar-refractivity contribution in [2.45, 2.75) is 25.0 Å². The van der Waals surface area contributed by atoms with E-state index in [-0.39, 0.29) is 17.9 Å². The lowest BCUT2D eigenvalue weighted by Gasteiger charge is -2.51. The van der Waals surface area contributed by atoms with Gasteiger partial charge in [0.25, 0.3) is 0 Å². The van der Waals surface area contributed by atoms with Crippen LogP contribution in [0.15, 0.2) is 72.2 Å². The topological polar surface area (TPSA) is 68.3 Å². The monoisotopic (exact) mass is 518 g/mol. The van der Waals surface area contributed by atoms with E-state index in [1.807, 2.05) is 47.8 Å². The predicted octanol–water partition coefficient (Wildman–Crippen LogP) is 5.55. The van der Waals surface area contributed by atoms with Crippen molar-refractivity contribution in [3.63, 3.8) is 0 Å². The minimum Gasteiger partial charge on any atom is -0.454 e. The number of carbonyl (C=O) groups excluding carboxylic acids is 2. The van der Waals surface area contributed by atoms with E-state index in [2.05, 4.69) is 28.5 Å². The molecule has 1 N–H and O–H groups in total. The molecule has 7 rings (SSSR count). The standard InChI is InChI=1S/C28H28N3O3S2/c32-22(27-29-12-15-35-27)17-31-13-10-19(11-14-31)23(18-31)34-28(33)26(30-21-7-2-1-3-8-21)25-16-20-6-4-5-9-24(20)36-25/h1-9,12,15-16,19,23,26,30H,10-11,13-14,17-18H2/q+1/t19?,23-,26?,31?/m0/s1. The van der Waals surface area contributed by atoms with E-state index in [9.17, 15) is 9.59 Å². The number of aromatic nitrogens is 1. The van der Waals surface area contributed by atoms with Crippen molar-refractivity contribution in [3.8, 4) is 0 Å². The predicted molar refractivity (Wildman–Crippen MR) is 143 cm³/mol. The number of nitrogens with one attached hydrogen (secondary N) is 1. The number of para-hydroxylation sites is 1. The van der Waals surface area contributed by atoms with Gasteiger partial charge in [-0.2, -0.15) is 0 Å². The first-order chi connectivity index (χ1) is 17.6. The van der Waals surface area contributed by atoms with Crippen molar-refractivity contribution in [2.75, 3.05) is 31.5 Å². The van der Waals surface area contributed by atoms with Crippen LogP contribution in [0, 0.1) is 5.92 Å². The van der Waals surface area contributed by atoms with Crippen LogP contribution in [-0.4, -0.2) is 53.5 Å².